The summed E-state index contributed by atoms with van der Waals surface area (Å²) in [6, 6.07) is 10.9. The summed E-state index contributed by atoms with van der Waals surface area (Å²) in [5, 5.41) is 50.7. The number of aliphatic hydroxyl groups is 1. The highest BCUT2D eigenvalue weighted by Crippen LogP contribution is 2.17. The number of carbonyl (C=O) groups excluding carboxylic acids is 10. The number of primary amides is 2. The third-order valence-corrected chi connectivity index (χ3v) is 14.2. The first-order chi connectivity index (χ1) is 39.0. The number of phenols is 2. The van der Waals surface area contributed by atoms with Crippen molar-refractivity contribution in [2.75, 3.05) is 18.8 Å². The summed E-state index contributed by atoms with van der Waals surface area (Å²) in [6.45, 7) is 0.729. The number of thioether (sulfide) groups is 1. The molecule has 1 aliphatic rings. The fourth-order valence-corrected chi connectivity index (χ4v) is 9.26. The third kappa shape index (κ3) is 20.7. The largest absolute Gasteiger partial charge is 0.508 e. The molecular weight excluding hydrogens is 1100 g/mol. The van der Waals surface area contributed by atoms with E-state index < -0.39 is 125 Å². The number of amides is 10. The van der Waals surface area contributed by atoms with Crippen molar-refractivity contribution in [3.63, 3.8) is 0 Å². The van der Waals surface area contributed by atoms with Crippen molar-refractivity contribution in [2.24, 2.45) is 22.9 Å². The molecule has 1 saturated heterocycles. The Balaban J connectivity index is 1.59. The number of aromatic hydroxyl groups is 2. The van der Waals surface area contributed by atoms with E-state index in [4.69, 9.17) is 34.5 Å². The van der Waals surface area contributed by atoms with Crippen molar-refractivity contribution < 1.29 is 63.3 Å². The van der Waals surface area contributed by atoms with E-state index >= 15 is 0 Å². The molecule has 0 saturated carbocycles. The molecule has 0 spiro atoms. The monoisotopic (exact) mass is 1170 g/mol. The lowest BCUT2D eigenvalue weighted by atomic mass is 10.00. The van der Waals surface area contributed by atoms with E-state index in [1.165, 1.54) is 72.8 Å². The first-order valence-corrected chi connectivity index (χ1v) is 27.5. The van der Waals surface area contributed by atoms with Crippen molar-refractivity contribution in [2.45, 2.75) is 113 Å². The number of unbranched alkanes of at least 4 members (excludes halogenated alkanes) is 2. The van der Waals surface area contributed by atoms with Crippen molar-refractivity contribution in [3.05, 3.63) is 130 Å². The molecule has 10 amide bonds. The van der Waals surface area contributed by atoms with Gasteiger partial charge in [-0.05, 0) is 104 Å². The van der Waals surface area contributed by atoms with Crippen LogP contribution >= 0.6 is 23.4 Å². The quantitative estimate of drug-likeness (QED) is 0.0457. The minimum Gasteiger partial charge on any atom is -0.508 e. The lowest BCUT2D eigenvalue weighted by molar-refractivity contribution is -0.137. The van der Waals surface area contributed by atoms with Gasteiger partial charge in [0.25, 0.3) is 5.24 Å². The molecule has 27 heteroatoms. The maximum atomic E-state index is 14.8. The summed E-state index contributed by atoms with van der Waals surface area (Å²) < 4.78 is 0. The van der Waals surface area contributed by atoms with E-state index in [1.807, 2.05) is 0 Å². The zero-order valence-electron chi connectivity index (χ0n) is 44.7. The number of phenolic OH excluding ortho intramolecular Hbond substituents is 2. The highest BCUT2D eigenvalue weighted by molar-refractivity contribution is 8.13. The number of rotatable bonds is 20. The SMILES string of the molecule is CC(O)[C@@H]1NC(=O)[C@H](CCCCCN)NC(=O)[C@@H](Cc2ccc(C(N)=O)cc2)NC(=O)[C@H](Cc2ccc(O)cc2)NC(=O)[C@H](NC(=O)[C@@H](N)Cc2ccc(Cl)cc2)CSC(=O)NC[C@@H](C(=O)N[C@H](Cc2ccc(O)cc2)C(N)=O)NC1=O. The topological polar surface area (TPSA) is 432 Å². The summed E-state index contributed by atoms with van der Waals surface area (Å²) in [4.78, 5) is 139. The van der Waals surface area contributed by atoms with Gasteiger partial charge in [0.15, 0.2) is 0 Å². The van der Waals surface area contributed by atoms with Gasteiger partial charge in [-0.3, -0.25) is 47.9 Å². The second-order valence-electron chi connectivity index (χ2n) is 19.6. The van der Waals surface area contributed by atoms with E-state index in [2.05, 4.69) is 42.5 Å². The van der Waals surface area contributed by atoms with Gasteiger partial charge >= 0.3 is 0 Å². The van der Waals surface area contributed by atoms with E-state index in [9.17, 15) is 63.3 Å². The van der Waals surface area contributed by atoms with Gasteiger partial charge in [-0.25, -0.2) is 0 Å². The fourth-order valence-electron chi connectivity index (χ4n) is 8.40. The summed E-state index contributed by atoms with van der Waals surface area (Å²) in [7, 11) is 0. The van der Waals surface area contributed by atoms with Crippen LogP contribution < -0.4 is 65.5 Å². The van der Waals surface area contributed by atoms with Gasteiger partial charge in [-0.15, -0.1) is 0 Å². The third-order valence-electron chi connectivity index (χ3n) is 13.1. The molecule has 1 aliphatic heterocycles. The average Bonchev–Trinajstić information content (AvgIpc) is 3.47. The van der Waals surface area contributed by atoms with Crippen LogP contribution in [0.1, 0.15) is 65.2 Å². The molecule has 4 aromatic rings. The molecule has 9 atom stereocenters. The van der Waals surface area contributed by atoms with Crippen LogP contribution in [-0.2, 0) is 64.0 Å². The zero-order chi connectivity index (χ0) is 60.0. The van der Waals surface area contributed by atoms with Crippen LogP contribution in [-0.4, -0.2) is 147 Å². The Kier molecular flexibility index (Phi) is 24.9. The molecule has 4 aromatic carbocycles. The molecular formula is C55H69ClN12O13S. The number of hydrogen-bond donors (Lipinski definition) is 15. The Hall–Kier alpha value is -8.30. The predicted molar refractivity (Wildman–Crippen MR) is 303 cm³/mol. The molecule has 1 fully saturated rings. The van der Waals surface area contributed by atoms with E-state index in [-0.39, 0.29) is 49.2 Å². The zero-order valence-corrected chi connectivity index (χ0v) is 46.3. The molecule has 0 aromatic heterocycles. The number of benzene rings is 4. The Morgan fingerprint density at radius 2 is 1.17 bits per heavy atom. The van der Waals surface area contributed by atoms with Crippen LogP contribution in [0, 0.1) is 0 Å². The van der Waals surface area contributed by atoms with Crippen LogP contribution in [0.3, 0.4) is 0 Å². The Bertz CT molecular complexity index is 2890. The van der Waals surface area contributed by atoms with Gasteiger partial charge in [0, 0.05) is 42.1 Å². The fraction of sp³-hybridized carbons (Fsp3) is 0.382. The Morgan fingerprint density at radius 1 is 0.659 bits per heavy atom. The van der Waals surface area contributed by atoms with Gasteiger partial charge in [0.1, 0.15) is 53.8 Å². The molecule has 0 aliphatic carbocycles. The first-order valence-electron chi connectivity index (χ1n) is 26.1. The molecule has 1 unspecified atom stereocenters. The standard InChI is InChI=1S/C55H69ClN12O13S/c1-29(69)45-54(80)66-43(52(78)63-40(47(60)73)24-32-10-18-36(70)19-11-32)27-61-55(81)82-28-44(67-48(74)38(58)23-30-8-16-35(56)17-9-30)53(79)65-42(26-33-12-20-37(71)21-13-33)51(77)64-41(25-31-6-14-34(15-7-31)46(59)72)50(76)62-39(49(75)68-45)5-3-2-4-22-57/h6-21,29,38-45,69-71H,2-5,22-28,57-58H2,1H3,(H2,59,72)(H2,60,73)(H,61,81)(H,62,76)(H,63,78)(H,64,77)(H,65,79)(H,66,80)(H,67,74)(H,68,75)/t29?,38-,39-,40+,41+,42-,43-,44+,45-/m0/s1. The number of carbonyl (C=O) groups is 10. The highest BCUT2D eigenvalue weighted by atomic mass is 35.5. The summed E-state index contributed by atoms with van der Waals surface area (Å²) >= 11 is 6.48. The molecule has 0 radical (unpaired) electrons. The number of nitrogens with two attached hydrogens (primary N) is 4. The normalized spacial score (nSPS) is 20.8. The van der Waals surface area contributed by atoms with Gasteiger partial charge in [0.05, 0.1) is 12.1 Å². The Labute approximate surface area is 481 Å². The molecule has 1 heterocycles. The lowest BCUT2D eigenvalue weighted by Gasteiger charge is -2.28. The van der Waals surface area contributed by atoms with Gasteiger partial charge in [-0.2, -0.15) is 0 Å². The van der Waals surface area contributed by atoms with Gasteiger partial charge in [0.2, 0.25) is 53.2 Å². The van der Waals surface area contributed by atoms with Crippen LogP contribution in [0.5, 0.6) is 11.5 Å². The second kappa shape index (κ2) is 31.6. The molecule has 0 bridgehead atoms. The van der Waals surface area contributed by atoms with Crippen LogP contribution in [0.15, 0.2) is 97.1 Å². The maximum absolute atomic E-state index is 14.8. The van der Waals surface area contributed by atoms with Gasteiger partial charge < -0.3 is 80.8 Å². The number of nitrogens with one attached hydrogen (secondary N) is 8. The second-order valence-corrected chi connectivity index (χ2v) is 21.0. The van der Waals surface area contributed by atoms with Crippen LogP contribution in [0.25, 0.3) is 0 Å². The Morgan fingerprint density at radius 3 is 1.72 bits per heavy atom. The number of aliphatic hydroxyl groups excluding tert-OH is 1. The van der Waals surface area contributed by atoms with Crippen molar-refractivity contribution in [1.29, 1.82) is 0 Å². The van der Waals surface area contributed by atoms with E-state index in [0.29, 0.717) is 64.8 Å². The molecule has 25 nitrogen and oxygen atoms in total. The molecule has 5 rings (SSSR count). The van der Waals surface area contributed by atoms with Crippen LogP contribution in [0.4, 0.5) is 4.79 Å². The lowest BCUT2D eigenvalue weighted by Crippen LogP contribution is -2.63. The summed E-state index contributed by atoms with van der Waals surface area (Å²) in [5.41, 5.74) is 25.2. The van der Waals surface area contributed by atoms with Crippen molar-refractivity contribution in [1.82, 2.24) is 42.5 Å². The smallest absolute Gasteiger partial charge is 0.279 e. The summed E-state index contributed by atoms with van der Waals surface area (Å²) in [5.74, 6) is -9.53. The maximum Gasteiger partial charge on any atom is 0.279 e. The number of hydrogen-bond acceptors (Lipinski definition) is 16. The number of halogens is 1. The first kappa shape index (κ1) is 64.5. The molecule has 440 valence electrons. The van der Waals surface area contributed by atoms with Crippen molar-refractivity contribution >= 4 is 81.8 Å². The van der Waals surface area contributed by atoms with Crippen molar-refractivity contribution in [3.8, 4) is 11.5 Å². The summed E-state index contributed by atoms with van der Waals surface area (Å²) in [6.07, 6.45) is -1.24. The van der Waals surface area contributed by atoms with E-state index in [0.717, 1.165) is 6.92 Å². The van der Waals surface area contributed by atoms with Crippen LogP contribution in [0.2, 0.25) is 5.02 Å². The molecule has 82 heavy (non-hydrogen) atoms. The van der Waals surface area contributed by atoms with E-state index in [1.54, 1.807) is 24.3 Å². The average molecular weight is 1170 g/mol. The molecule has 19 N–H and O–H groups in total. The highest BCUT2D eigenvalue weighted by Gasteiger charge is 2.37. The minimum atomic E-state index is -1.85. The van der Waals surface area contributed by atoms with Gasteiger partial charge in [-0.1, -0.05) is 84.7 Å². The predicted octanol–water partition coefficient (Wildman–Crippen LogP) is -1.32. The minimum absolute atomic E-state index is 0.0299.